The molecule has 0 spiro atoms. The molecule has 3 atom stereocenters. The number of hydrogen-bond acceptors (Lipinski definition) is 5. The molecule has 1 aliphatic heterocycles. The molecule has 1 heterocycles. The summed E-state index contributed by atoms with van der Waals surface area (Å²) in [6.07, 6.45) is 11.0. The molecule has 1 saturated heterocycles. The van der Waals surface area contributed by atoms with Crippen LogP contribution in [0, 0.1) is 0 Å². The second-order valence-electron chi connectivity index (χ2n) is 8.40. The normalized spacial score (nSPS) is 26.6. The number of carbonyl (C=O) groups is 2. The second-order valence-corrected chi connectivity index (χ2v) is 8.40. The summed E-state index contributed by atoms with van der Waals surface area (Å²) in [5.41, 5.74) is 3.41. The molecule has 1 fully saturated rings. The van der Waals surface area contributed by atoms with E-state index in [1.165, 1.54) is 29.7 Å². The van der Waals surface area contributed by atoms with E-state index in [0.717, 1.165) is 25.7 Å². The van der Waals surface area contributed by atoms with Gasteiger partial charge in [-0.25, -0.2) is 0 Å². The summed E-state index contributed by atoms with van der Waals surface area (Å²) in [5, 5.41) is 10.4. The van der Waals surface area contributed by atoms with E-state index in [-0.39, 0.29) is 12.4 Å². The summed E-state index contributed by atoms with van der Waals surface area (Å²) in [6.45, 7) is 9.68. The summed E-state index contributed by atoms with van der Waals surface area (Å²) in [4.78, 5) is 23.5. The Morgan fingerprint density at radius 2 is 1.72 bits per heavy atom. The first-order valence-electron chi connectivity index (χ1n) is 10.3. The number of ketones is 1. The van der Waals surface area contributed by atoms with Gasteiger partial charge in [-0.15, -0.1) is 0 Å². The van der Waals surface area contributed by atoms with Crippen molar-refractivity contribution >= 4 is 11.8 Å². The van der Waals surface area contributed by atoms with E-state index in [1.54, 1.807) is 0 Å². The fourth-order valence-electron chi connectivity index (χ4n) is 3.52. The Kier molecular flexibility index (Phi) is 8.17. The highest BCUT2D eigenvalue weighted by Gasteiger charge is 2.66. The molecule has 5 heteroatoms. The largest absolute Gasteiger partial charge is 0.461 e. The fourth-order valence-corrected chi connectivity index (χ4v) is 3.52. The van der Waals surface area contributed by atoms with Crippen LogP contribution in [-0.2, 0) is 19.1 Å². The number of fused-ring (bicyclic) bond motifs is 1. The summed E-state index contributed by atoms with van der Waals surface area (Å²) < 4.78 is 10.5. The number of epoxide rings is 1. The monoisotopic (exact) mass is 402 g/mol. The summed E-state index contributed by atoms with van der Waals surface area (Å²) in [7, 11) is 0. The van der Waals surface area contributed by atoms with Gasteiger partial charge in [-0.2, -0.15) is 0 Å². The predicted octanol–water partition coefficient (Wildman–Crippen LogP) is 4.37. The van der Waals surface area contributed by atoms with Crippen LogP contribution in [-0.4, -0.2) is 41.3 Å². The minimum absolute atomic E-state index is 0.0770. The molecule has 0 bridgehead atoms. The van der Waals surface area contributed by atoms with E-state index in [9.17, 15) is 14.7 Å². The zero-order valence-electron chi connectivity index (χ0n) is 18.3. The van der Waals surface area contributed by atoms with Crippen molar-refractivity contribution < 1.29 is 24.2 Å². The van der Waals surface area contributed by atoms with Crippen molar-refractivity contribution in [2.75, 3.05) is 6.61 Å². The van der Waals surface area contributed by atoms with Crippen LogP contribution < -0.4 is 0 Å². The Bertz CT molecular complexity index is 751. The first-order chi connectivity index (χ1) is 13.7. The van der Waals surface area contributed by atoms with Crippen LogP contribution in [0.5, 0.6) is 0 Å². The van der Waals surface area contributed by atoms with Gasteiger partial charge < -0.3 is 14.6 Å². The zero-order chi connectivity index (χ0) is 21.6. The molecule has 5 nitrogen and oxygen atoms in total. The van der Waals surface area contributed by atoms with Crippen molar-refractivity contribution in [2.24, 2.45) is 0 Å². The Hall–Kier alpha value is -1.98. The lowest BCUT2D eigenvalue weighted by Gasteiger charge is -2.20. The van der Waals surface area contributed by atoms with Gasteiger partial charge in [0.15, 0.2) is 11.4 Å². The van der Waals surface area contributed by atoms with Gasteiger partial charge in [0.2, 0.25) is 0 Å². The van der Waals surface area contributed by atoms with E-state index in [2.05, 4.69) is 39.8 Å². The van der Waals surface area contributed by atoms with Crippen molar-refractivity contribution in [3.8, 4) is 0 Å². The van der Waals surface area contributed by atoms with E-state index >= 15 is 0 Å². The number of hydrogen-bond donors (Lipinski definition) is 1. The summed E-state index contributed by atoms with van der Waals surface area (Å²) in [5.74, 6) is -0.604. The minimum atomic E-state index is -0.948. The number of esters is 1. The van der Waals surface area contributed by atoms with Gasteiger partial charge >= 0.3 is 5.97 Å². The number of rotatable bonds is 10. The quantitative estimate of drug-likeness (QED) is 0.334. The van der Waals surface area contributed by atoms with E-state index in [1.807, 2.05) is 6.08 Å². The molecule has 2 aliphatic rings. The topological polar surface area (TPSA) is 76.1 Å². The third-order valence-corrected chi connectivity index (χ3v) is 5.46. The molecule has 0 amide bonds. The number of allylic oxidation sites excluding steroid dienone is 5. The van der Waals surface area contributed by atoms with Crippen LogP contribution in [0.15, 0.2) is 46.6 Å². The van der Waals surface area contributed by atoms with Gasteiger partial charge in [0.05, 0.1) is 0 Å². The van der Waals surface area contributed by atoms with Gasteiger partial charge in [-0.3, -0.25) is 9.59 Å². The Labute approximate surface area is 174 Å². The Morgan fingerprint density at radius 1 is 1.10 bits per heavy atom. The number of ether oxygens (including phenoxy) is 2. The molecule has 160 valence electrons. The molecule has 1 aliphatic carbocycles. The van der Waals surface area contributed by atoms with Gasteiger partial charge in [0.1, 0.15) is 18.8 Å². The maximum atomic E-state index is 12.5. The van der Waals surface area contributed by atoms with Crippen LogP contribution >= 0.6 is 0 Å². The predicted molar refractivity (Wildman–Crippen MR) is 113 cm³/mol. The van der Waals surface area contributed by atoms with Crippen LogP contribution in [0.3, 0.4) is 0 Å². The lowest BCUT2D eigenvalue weighted by Crippen LogP contribution is -2.38. The lowest BCUT2D eigenvalue weighted by molar-refractivity contribution is -0.140. The van der Waals surface area contributed by atoms with Gasteiger partial charge in [0, 0.05) is 18.9 Å². The maximum absolute atomic E-state index is 12.5. The average molecular weight is 403 g/mol. The Morgan fingerprint density at radius 3 is 2.34 bits per heavy atom. The summed E-state index contributed by atoms with van der Waals surface area (Å²) in [6, 6.07) is 0. The van der Waals surface area contributed by atoms with E-state index in [0.29, 0.717) is 12.0 Å². The molecular weight excluding hydrogens is 368 g/mol. The summed E-state index contributed by atoms with van der Waals surface area (Å²) >= 11 is 0. The first kappa shape index (κ1) is 23.3. The third-order valence-electron chi connectivity index (χ3n) is 5.46. The van der Waals surface area contributed by atoms with Gasteiger partial charge in [-0.05, 0) is 59.5 Å². The fraction of sp³-hybridized carbons (Fsp3) is 0.583. The van der Waals surface area contributed by atoms with Crippen molar-refractivity contribution in [2.45, 2.75) is 84.5 Å². The SMILES string of the molecule is CC(=O)OCC1=CC(=O)C2(CC=C(C)CCC=C(C)CCC=C(C)C)OC2C1O. The van der Waals surface area contributed by atoms with Gasteiger partial charge in [-0.1, -0.05) is 34.9 Å². The van der Waals surface area contributed by atoms with Crippen molar-refractivity contribution in [3.63, 3.8) is 0 Å². The average Bonchev–Trinajstić information content (AvgIpc) is 3.38. The Balaban J connectivity index is 1.84. The van der Waals surface area contributed by atoms with Crippen molar-refractivity contribution in [1.82, 2.24) is 0 Å². The lowest BCUT2D eigenvalue weighted by atomic mass is 9.84. The van der Waals surface area contributed by atoms with Crippen LogP contribution in [0.1, 0.15) is 66.7 Å². The van der Waals surface area contributed by atoms with Gasteiger partial charge in [0.25, 0.3) is 0 Å². The van der Waals surface area contributed by atoms with E-state index in [4.69, 9.17) is 9.47 Å². The first-order valence-corrected chi connectivity index (χ1v) is 10.3. The molecule has 0 aromatic heterocycles. The molecule has 3 unspecified atom stereocenters. The van der Waals surface area contributed by atoms with Crippen molar-refractivity contribution in [3.05, 3.63) is 46.6 Å². The van der Waals surface area contributed by atoms with E-state index < -0.39 is 23.8 Å². The van der Waals surface area contributed by atoms with Crippen LogP contribution in [0.25, 0.3) is 0 Å². The second kappa shape index (κ2) is 10.2. The molecule has 0 aromatic rings. The maximum Gasteiger partial charge on any atom is 0.302 e. The highest BCUT2D eigenvalue weighted by atomic mass is 16.6. The molecule has 0 saturated carbocycles. The highest BCUT2D eigenvalue weighted by Crippen LogP contribution is 2.48. The highest BCUT2D eigenvalue weighted by molar-refractivity contribution is 6.02. The molecule has 0 aromatic carbocycles. The minimum Gasteiger partial charge on any atom is -0.461 e. The smallest absolute Gasteiger partial charge is 0.302 e. The zero-order valence-corrected chi connectivity index (χ0v) is 18.3. The number of aliphatic hydroxyl groups is 1. The molecule has 29 heavy (non-hydrogen) atoms. The van der Waals surface area contributed by atoms with Crippen molar-refractivity contribution in [1.29, 1.82) is 0 Å². The molecule has 1 N–H and O–H groups in total. The number of aliphatic hydroxyl groups excluding tert-OH is 1. The van der Waals surface area contributed by atoms with Crippen LogP contribution in [0.2, 0.25) is 0 Å². The van der Waals surface area contributed by atoms with Crippen LogP contribution in [0.4, 0.5) is 0 Å². The standard InChI is InChI=1S/C24H34O5/c1-16(2)8-6-9-17(3)10-7-11-18(4)12-13-24-21(26)14-20(15-28-19(5)25)22(27)23(24)29-24/h8,10,12,14,22-23,27H,6-7,9,11,13,15H2,1-5H3. The molecular formula is C24H34O5. The number of carbonyl (C=O) groups excluding carboxylic acids is 2. The molecule has 2 rings (SSSR count). The molecule has 0 radical (unpaired) electrons. The third kappa shape index (κ3) is 6.51.